The lowest BCUT2D eigenvalue weighted by Gasteiger charge is -2.00. The highest BCUT2D eigenvalue weighted by Crippen LogP contribution is 2.47. The van der Waals surface area contributed by atoms with Gasteiger partial charge in [0.15, 0.2) is 4.67 Å². The van der Waals surface area contributed by atoms with E-state index in [1.165, 1.54) is 12.8 Å². The summed E-state index contributed by atoms with van der Waals surface area (Å²) >= 11 is 3.33. The molecule has 1 aliphatic carbocycles. The second-order valence-electron chi connectivity index (χ2n) is 3.95. The molecule has 1 heterocycles. The summed E-state index contributed by atoms with van der Waals surface area (Å²) in [6, 6.07) is 4.05. The van der Waals surface area contributed by atoms with Gasteiger partial charge in [-0.1, -0.05) is 6.92 Å². The van der Waals surface area contributed by atoms with Crippen LogP contribution in [-0.4, -0.2) is 13.1 Å². The molecule has 0 spiro atoms. The second-order valence-corrected chi connectivity index (χ2v) is 4.73. The Morgan fingerprint density at radius 3 is 3.07 bits per heavy atom. The van der Waals surface area contributed by atoms with E-state index in [0.717, 1.165) is 29.4 Å². The lowest BCUT2D eigenvalue weighted by molar-refractivity contribution is 0.478. The summed E-state index contributed by atoms with van der Waals surface area (Å²) in [6.07, 6.45) is 2.49. The first-order valence-electron chi connectivity index (χ1n) is 5.27. The fourth-order valence-corrected chi connectivity index (χ4v) is 2.13. The molecule has 1 N–H and O–H groups in total. The first-order chi connectivity index (χ1) is 6.81. The lowest BCUT2D eigenvalue weighted by atomic mass is 10.2. The van der Waals surface area contributed by atoms with Crippen molar-refractivity contribution in [1.82, 2.24) is 5.32 Å². The number of nitrogens with one attached hydrogen (secondary N) is 1. The van der Waals surface area contributed by atoms with Gasteiger partial charge in [-0.3, -0.25) is 0 Å². The minimum absolute atomic E-state index is 0.658. The second kappa shape index (κ2) is 4.49. The van der Waals surface area contributed by atoms with Gasteiger partial charge in [-0.2, -0.15) is 0 Å². The van der Waals surface area contributed by atoms with E-state index >= 15 is 0 Å². The van der Waals surface area contributed by atoms with Crippen LogP contribution in [0.5, 0.6) is 0 Å². The molecule has 2 unspecified atom stereocenters. The van der Waals surface area contributed by atoms with Crippen LogP contribution in [0.15, 0.2) is 21.2 Å². The van der Waals surface area contributed by atoms with Crippen LogP contribution in [0.3, 0.4) is 0 Å². The first kappa shape index (κ1) is 10.2. The number of hydrogen-bond acceptors (Lipinski definition) is 2. The van der Waals surface area contributed by atoms with Gasteiger partial charge in [0, 0.05) is 5.92 Å². The molecular weight excluding hydrogens is 242 g/mol. The van der Waals surface area contributed by atoms with Crippen LogP contribution in [0.2, 0.25) is 0 Å². The van der Waals surface area contributed by atoms with Gasteiger partial charge in [-0.15, -0.1) is 0 Å². The Morgan fingerprint density at radius 2 is 2.43 bits per heavy atom. The van der Waals surface area contributed by atoms with Crippen molar-refractivity contribution < 1.29 is 4.42 Å². The molecule has 3 heteroatoms. The quantitative estimate of drug-likeness (QED) is 0.821. The molecule has 78 valence electrons. The molecule has 0 amide bonds. The van der Waals surface area contributed by atoms with Gasteiger partial charge in [0.25, 0.3) is 0 Å². The fourth-order valence-electron chi connectivity index (χ4n) is 1.81. The molecule has 2 nitrogen and oxygen atoms in total. The number of rotatable bonds is 5. The standard InChI is InChI=1S/C11H16BrNO/c1-2-5-13-7-8-6-9(8)10-3-4-11(12)14-10/h3-4,8-9,13H,2,5-7H2,1H3. The molecular formula is C11H16BrNO. The zero-order chi connectivity index (χ0) is 9.97. The van der Waals surface area contributed by atoms with Crippen LogP contribution >= 0.6 is 15.9 Å². The molecule has 1 fully saturated rings. The van der Waals surface area contributed by atoms with Gasteiger partial charge < -0.3 is 9.73 Å². The van der Waals surface area contributed by atoms with Gasteiger partial charge in [0.05, 0.1) is 0 Å². The molecule has 0 aromatic carbocycles. The van der Waals surface area contributed by atoms with E-state index in [2.05, 4.69) is 34.2 Å². The van der Waals surface area contributed by atoms with Crippen molar-refractivity contribution in [1.29, 1.82) is 0 Å². The van der Waals surface area contributed by atoms with Crippen molar-refractivity contribution >= 4 is 15.9 Å². The zero-order valence-corrected chi connectivity index (χ0v) is 10.0. The maximum atomic E-state index is 5.53. The van der Waals surface area contributed by atoms with Crippen LogP contribution in [0.4, 0.5) is 0 Å². The monoisotopic (exact) mass is 257 g/mol. The summed E-state index contributed by atoms with van der Waals surface area (Å²) < 4.78 is 6.38. The first-order valence-corrected chi connectivity index (χ1v) is 6.06. The molecule has 1 aromatic heterocycles. The Kier molecular flexibility index (Phi) is 3.29. The maximum absolute atomic E-state index is 5.53. The van der Waals surface area contributed by atoms with E-state index in [9.17, 15) is 0 Å². The molecule has 0 saturated heterocycles. The van der Waals surface area contributed by atoms with Crippen LogP contribution in [-0.2, 0) is 0 Å². The SMILES string of the molecule is CCCNCC1CC1c1ccc(Br)o1. The van der Waals surface area contributed by atoms with Crippen LogP contribution < -0.4 is 5.32 Å². The maximum Gasteiger partial charge on any atom is 0.169 e. The third kappa shape index (κ3) is 2.39. The van der Waals surface area contributed by atoms with E-state index < -0.39 is 0 Å². The van der Waals surface area contributed by atoms with E-state index in [-0.39, 0.29) is 0 Å². The third-order valence-corrected chi connectivity index (χ3v) is 3.14. The third-order valence-electron chi connectivity index (χ3n) is 2.72. The summed E-state index contributed by atoms with van der Waals surface area (Å²) in [5.74, 6) is 2.59. The summed E-state index contributed by atoms with van der Waals surface area (Å²) in [5, 5.41) is 3.45. The Hall–Kier alpha value is -0.280. The van der Waals surface area contributed by atoms with Crippen molar-refractivity contribution in [3.63, 3.8) is 0 Å². The Balaban J connectivity index is 1.76. The molecule has 2 rings (SSSR count). The largest absolute Gasteiger partial charge is 0.454 e. The average Bonchev–Trinajstić information content (AvgIpc) is 2.81. The van der Waals surface area contributed by atoms with Crippen molar-refractivity contribution in [2.45, 2.75) is 25.7 Å². The van der Waals surface area contributed by atoms with Crippen molar-refractivity contribution in [2.75, 3.05) is 13.1 Å². The molecule has 1 aliphatic rings. The lowest BCUT2D eigenvalue weighted by Crippen LogP contribution is -2.17. The molecule has 0 bridgehead atoms. The van der Waals surface area contributed by atoms with Crippen LogP contribution in [0.1, 0.15) is 31.4 Å². The summed E-state index contributed by atoms with van der Waals surface area (Å²) in [4.78, 5) is 0. The van der Waals surface area contributed by atoms with Crippen LogP contribution in [0.25, 0.3) is 0 Å². The minimum atomic E-state index is 0.658. The molecule has 1 saturated carbocycles. The molecule has 14 heavy (non-hydrogen) atoms. The van der Waals surface area contributed by atoms with Crippen molar-refractivity contribution in [2.24, 2.45) is 5.92 Å². The fraction of sp³-hybridized carbons (Fsp3) is 0.636. The Labute approximate surface area is 93.2 Å². The summed E-state index contributed by atoms with van der Waals surface area (Å²) in [6.45, 7) is 4.46. The summed E-state index contributed by atoms with van der Waals surface area (Å²) in [5.41, 5.74) is 0. The number of furan rings is 1. The van der Waals surface area contributed by atoms with E-state index in [4.69, 9.17) is 4.42 Å². The highest BCUT2D eigenvalue weighted by atomic mass is 79.9. The van der Waals surface area contributed by atoms with Crippen molar-refractivity contribution in [3.8, 4) is 0 Å². The molecule has 2 atom stereocenters. The van der Waals surface area contributed by atoms with E-state index in [0.29, 0.717) is 5.92 Å². The topological polar surface area (TPSA) is 25.2 Å². The molecule has 0 aliphatic heterocycles. The van der Waals surface area contributed by atoms with Gasteiger partial charge >= 0.3 is 0 Å². The minimum Gasteiger partial charge on any atom is -0.454 e. The van der Waals surface area contributed by atoms with E-state index in [1.807, 2.05) is 6.07 Å². The van der Waals surface area contributed by atoms with Gasteiger partial charge in [-0.05, 0) is 59.9 Å². The molecule has 0 radical (unpaired) electrons. The van der Waals surface area contributed by atoms with Gasteiger partial charge in [0.1, 0.15) is 5.76 Å². The smallest absolute Gasteiger partial charge is 0.169 e. The van der Waals surface area contributed by atoms with Gasteiger partial charge in [0.2, 0.25) is 0 Å². The highest BCUT2D eigenvalue weighted by molar-refractivity contribution is 9.10. The highest BCUT2D eigenvalue weighted by Gasteiger charge is 2.39. The Morgan fingerprint density at radius 1 is 1.57 bits per heavy atom. The van der Waals surface area contributed by atoms with Crippen LogP contribution in [0, 0.1) is 5.92 Å². The number of halogens is 1. The zero-order valence-electron chi connectivity index (χ0n) is 8.42. The number of hydrogen-bond donors (Lipinski definition) is 1. The predicted octanol–water partition coefficient (Wildman–Crippen LogP) is 3.15. The normalized spacial score (nSPS) is 25.3. The summed E-state index contributed by atoms with van der Waals surface area (Å²) in [7, 11) is 0. The molecule has 1 aromatic rings. The average molecular weight is 258 g/mol. The van der Waals surface area contributed by atoms with E-state index in [1.54, 1.807) is 0 Å². The Bertz CT molecular complexity index is 297. The predicted molar refractivity (Wildman–Crippen MR) is 60.4 cm³/mol. The van der Waals surface area contributed by atoms with Crippen molar-refractivity contribution in [3.05, 3.63) is 22.6 Å². The van der Waals surface area contributed by atoms with Gasteiger partial charge in [-0.25, -0.2) is 0 Å².